The summed E-state index contributed by atoms with van der Waals surface area (Å²) in [5.74, 6) is -1.38. The van der Waals surface area contributed by atoms with Crippen molar-refractivity contribution in [1.29, 1.82) is 0 Å². The molecular weight excluding hydrogens is 232 g/mol. The van der Waals surface area contributed by atoms with E-state index in [-0.39, 0.29) is 6.54 Å². The topological polar surface area (TPSA) is 87.5 Å². The van der Waals surface area contributed by atoms with Crippen LogP contribution in [-0.2, 0) is 9.59 Å². The Kier molecular flexibility index (Phi) is 5.13. The molecule has 0 fully saturated rings. The minimum absolute atomic E-state index is 0.279. The van der Waals surface area contributed by atoms with Gasteiger partial charge in [-0.2, -0.15) is 0 Å². The van der Waals surface area contributed by atoms with Crippen molar-refractivity contribution in [2.24, 2.45) is 5.73 Å². The Morgan fingerprint density at radius 1 is 1.22 bits per heavy atom. The van der Waals surface area contributed by atoms with E-state index in [1.165, 1.54) is 0 Å². The van der Waals surface area contributed by atoms with Gasteiger partial charge in [-0.25, -0.2) is 0 Å². The Bertz CT molecular complexity index is 432. The van der Waals surface area contributed by atoms with E-state index in [4.69, 9.17) is 5.73 Å². The first-order valence-corrected chi connectivity index (χ1v) is 5.62. The Balaban J connectivity index is 2.73. The van der Waals surface area contributed by atoms with E-state index in [1.54, 1.807) is 12.1 Å². The van der Waals surface area contributed by atoms with Crippen molar-refractivity contribution in [3.8, 4) is 0 Å². The smallest absolute Gasteiger partial charge is 0.313 e. The van der Waals surface area contributed by atoms with Crippen molar-refractivity contribution in [3.05, 3.63) is 24.3 Å². The second-order valence-electron chi connectivity index (χ2n) is 3.91. The van der Waals surface area contributed by atoms with Crippen LogP contribution in [0.1, 0.15) is 0 Å². The number of amides is 2. The summed E-state index contributed by atoms with van der Waals surface area (Å²) in [6.45, 7) is 0.578. The zero-order chi connectivity index (χ0) is 13.5. The van der Waals surface area contributed by atoms with Gasteiger partial charge in [0.05, 0.1) is 11.4 Å². The van der Waals surface area contributed by atoms with Crippen LogP contribution in [0.4, 0.5) is 11.4 Å². The predicted octanol–water partition coefficient (Wildman–Crippen LogP) is -0.234. The van der Waals surface area contributed by atoms with E-state index >= 15 is 0 Å². The van der Waals surface area contributed by atoms with E-state index in [9.17, 15) is 9.59 Å². The number of rotatable bonds is 4. The molecule has 98 valence electrons. The minimum atomic E-state index is -0.697. The summed E-state index contributed by atoms with van der Waals surface area (Å²) in [6.07, 6.45) is 0. The number of nitrogens with zero attached hydrogens (tertiary/aromatic N) is 1. The highest BCUT2D eigenvalue weighted by molar-refractivity contribution is 6.39. The first-order valence-electron chi connectivity index (χ1n) is 5.62. The molecule has 2 amide bonds. The van der Waals surface area contributed by atoms with Crippen LogP contribution >= 0.6 is 0 Å². The Labute approximate surface area is 106 Å². The number of benzene rings is 1. The summed E-state index contributed by atoms with van der Waals surface area (Å²) in [4.78, 5) is 24.9. The number of para-hydroxylation sites is 2. The molecule has 0 bridgehead atoms. The number of nitrogens with two attached hydrogens (primary N) is 1. The Morgan fingerprint density at radius 2 is 1.89 bits per heavy atom. The molecule has 6 nitrogen and oxygen atoms in total. The summed E-state index contributed by atoms with van der Waals surface area (Å²) < 4.78 is 0. The van der Waals surface area contributed by atoms with Gasteiger partial charge in [0, 0.05) is 27.2 Å². The fourth-order valence-corrected chi connectivity index (χ4v) is 1.41. The summed E-state index contributed by atoms with van der Waals surface area (Å²) >= 11 is 0. The van der Waals surface area contributed by atoms with Crippen molar-refractivity contribution in [2.45, 2.75) is 0 Å². The molecule has 0 aromatic heterocycles. The van der Waals surface area contributed by atoms with E-state index in [1.807, 2.05) is 31.1 Å². The monoisotopic (exact) mass is 250 g/mol. The van der Waals surface area contributed by atoms with Gasteiger partial charge in [0.2, 0.25) is 0 Å². The van der Waals surface area contributed by atoms with Gasteiger partial charge < -0.3 is 21.3 Å². The zero-order valence-corrected chi connectivity index (χ0v) is 10.6. The zero-order valence-electron chi connectivity index (χ0n) is 10.6. The summed E-state index contributed by atoms with van der Waals surface area (Å²) in [7, 11) is 3.72. The van der Waals surface area contributed by atoms with Crippen molar-refractivity contribution >= 4 is 23.2 Å². The highest BCUT2D eigenvalue weighted by atomic mass is 16.2. The van der Waals surface area contributed by atoms with Gasteiger partial charge >= 0.3 is 11.8 Å². The number of nitrogens with one attached hydrogen (secondary N) is 2. The van der Waals surface area contributed by atoms with Crippen LogP contribution in [0.5, 0.6) is 0 Å². The summed E-state index contributed by atoms with van der Waals surface area (Å²) in [5, 5.41) is 4.98. The van der Waals surface area contributed by atoms with E-state index in [0.717, 1.165) is 5.69 Å². The molecule has 1 rings (SSSR count). The van der Waals surface area contributed by atoms with E-state index in [0.29, 0.717) is 12.2 Å². The lowest BCUT2D eigenvalue weighted by atomic mass is 10.2. The van der Waals surface area contributed by atoms with Crippen LogP contribution in [-0.4, -0.2) is 39.0 Å². The van der Waals surface area contributed by atoms with Gasteiger partial charge in [0.1, 0.15) is 0 Å². The molecule has 0 aliphatic carbocycles. The predicted molar refractivity (Wildman–Crippen MR) is 71.5 cm³/mol. The first-order chi connectivity index (χ1) is 8.56. The van der Waals surface area contributed by atoms with Crippen molar-refractivity contribution in [3.63, 3.8) is 0 Å². The molecule has 0 spiro atoms. The fourth-order valence-electron chi connectivity index (χ4n) is 1.41. The molecule has 0 radical (unpaired) electrons. The molecule has 0 aliphatic rings. The maximum Gasteiger partial charge on any atom is 0.313 e. The maximum absolute atomic E-state index is 11.6. The minimum Gasteiger partial charge on any atom is -0.376 e. The van der Waals surface area contributed by atoms with Gasteiger partial charge in [0.25, 0.3) is 0 Å². The largest absolute Gasteiger partial charge is 0.376 e. The van der Waals surface area contributed by atoms with Gasteiger partial charge in [-0.15, -0.1) is 0 Å². The van der Waals surface area contributed by atoms with Crippen molar-refractivity contribution < 1.29 is 9.59 Å². The number of hydrogen-bond donors (Lipinski definition) is 3. The standard InChI is InChI=1S/C12H18N4O2/c1-16(2)10-6-4-3-5-9(10)15-12(18)11(17)14-8-7-13/h3-6H,7-8,13H2,1-2H3,(H,14,17)(H,15,18). The molecule has 1 aromatic carbocycles. The van der Waals surface area contributed by atoms with Gasteiger partial charge in [-0.3, -0.25) is 9.59 Å². The number of carbonyl (C=O) groups excluding carboxylic acids is 2. The van der Waals surface area contributed by atoms with Gasteiger partial charge in [-0.1, -0.05) is 12.1 Å². The third-order valence-corrected chi connectivity index (χ3v) is 2.27. The number of carbonyl (C=O) groups is 2. The SMILES string of the molecule is CN(C)c1ccccc1NC(=O)C(=O)NCCN. The number of anilines is 2. The average Bonchev–Trinajstić information content (AvgIpc) is 2.36. The highest BCUT2D eigenvalue weighted by Crippen LogP contribution is 2.23. The molecule has 6 heteroatoms. The van der Waals surface area contributed by atoms with E-state index in [2.05, 4.69) is 10.6 Å². The third-order valence-electron chi connectivity index (χ3n) is 2.27. The normalized spacial score (nSPS) is 9.72. The van der Waals surface area contributed by atoms with Crippen molar-refractivity contribution in [2.75, 3.05) is 37.4 Å². The van der Waals surface area contributed by atoms with Crippen LogP contribution in [0, 0.1) is 0 Å². The molecular formula is C12H18N4O2. The van der Waals surface area contributed by atoms with Crippen LogP contribution < -0.4 is 21.3 Å². The molecule has 0 saturated heterocycles. The molecule has 0 heterocycles. The lowest BCUT2D eigenvalue weighted by molar-refractivity contribution is -0.136. The van der Waals surface area contributed by atoms with Crippen LogP contribution in [0.25, 0.3) is 0 Å². The Morgan fingerprint density at radius 3 is 2.50 bits per heavy atom. The summed E-state index contributed by atoms with van der Waals surface area (Å²) in [5.41, 5.74) is 6.66. The van der Waals surface area contributed by atoms with Crippen LogP contribution in [0.2, 0.25) is 0 Å². The van der Waals surface area contributed by atoms with E-state index < -0.39 is 11.8 Å². The maximum atomic E-state index is 11.6. The first kappa shape index (κ1) is 14.0. The van der Waals surface area contributed by atoms with Crippen LogP contribution in [0.3, 0.4) is 0 Å². The molecule has 18 heavy (non-hydrogen) atoms. The molecule has 0 aliphatic heterocycles. The fraction of sp³-hybridized carbons (Fsp3) is 0.333. The Hall–Kier alpha value is -2.08. The lowest BCUT2D eigenvalue weighted by Gasteiger charge is -2.17. The lowest BCUT2D eigenvalue weighted by Crippen LogP contribution is -2.38. The van der Waals surface area contributed by atoms with Gasteiger partial charge in [-0.05, 0) is 12.1 Å². The molecule has 0 atom stereocenters. The molecule has 0 unspecified atom stereocenters. The molecule has 4 N–H and O–H groups in total. The average molecular weight is 250 g/mol. The van der Waals surface area contributed by atoms with Crippen LogP contribution in [0.15, 0.2) is 24.3 Å². The molecule has 0 saturated carbocycles. The molecule has 1 aromatic rings. The summed E-state index contributed by atoms with van der Waals surface area (Å²) in [6, 6.07) is 7.25. The quantitative estimate of drug-likeness (QED) is 0.644. The van der Waals surface area contributed by atoms with Gasteiger partial charge in [0.15, 0.2) is 0 Å². The third kappa shape index (κ3) is 3.74. The second-order valence-corrected chi connectivity index (χ2v) is 3.91. The highest BCUT2D eigenvalue weighted by Gasteiger charge is 2.14. The second kappa shape index (κ2) is 6.61. The van der Waals surface area contributed by atoms with Crippen molar-refractivity contribution in [1.82, 2.24) is 5.32 Å². The number of hydrogen-bond acceptors (Lipinski definition) is 4.